The molecular weight excluding hydrogens is 567 g/mol. The molecule has 1 aromatic heterocycles. The fourth-order valence-electron chi connectivity index (χ4n) is 5.07. The quantitative estimate of drug-likeness (QED) is 0.0663. The molecule has 7 nitrogen and oxygen atoms in total. The highest BCUT2D eigenvalue weighted by molar-refractivity contribution is 8.00. The van der Waals surface area contributed by atoms with Gasteiger partial charge in [-0.05, 0) is 47.9 Å². The summed E-state index contributed by atoms with van der Waals surface area (Å²) in [7, 11) is 0. The Kier molecular flexibility index (Phi) is 7.78. The van der Waals surface area contributed by atoms with Crippen molar-refractivity contribution in [1.82, 2.24) is 10.2 Å². The molecule has 1 aliphatic rings. The fourth-order valence-corrected chi connectivity index (χ4v) is 6.94. The van der Waals surface area contributed by atoms with Crippen LogP contribution in [0, 0.1) is 6.92 Å². The van der Waals surface area contributed by atoms with Crippen LogP contribution in [0.2, 0.25) is 0 Å². The number of aryl methyl sites for hydroxylation is 1. The Morgan fingerprint density at radius 3 is 2.55 bits per heavy atom. The maximum absolute atomic E-state index is 13.6. The van der Waals surface area contributed by atoms with E-state index < -0.39 is 17.7 Å². The van der Waals surface area contributed by atoms with Crippen molar-refractivity contribution >= 4 is 56.5 Å². The number of amides is 1. The van der Waals surface area contributed by atoms with Gasteiger partial charge in [-0.2, -0.15) is 0 Å². The van der Waals surface area contributed by atoms with E-state index in [-0.39, 0.29) is 16.5 Å². The van der Waals surface area contributed by atoms with Gasteiger partial charge in [0.1, 0.15) is 11.5 Å². The van der Waals surface area contributed by atoms with Crippen molar-refractivity contribution in [3.63, 3.8) is 0 Å². The molecule has 1 saturated heterocycles. The monoisotopic (exact) mass is 593 g/mol. The molecule has 0 saturated carbocycles. The normalized spacial score (nSPS) is 16.3. The van der Waals surface area contributed by atoms with Crippen molar-refractivity contribution in [1.29, 1.82) is 0 Å². The Labute approximate surface area is 251 Å². The van der Waals surface area contributed by atoms with E-state index in [1.807, 2.05) is 56.3 Å². The van der Waals surface area contributed by atoms with Crippen molar-refractivity contribution in [3.05, 3.63) is 119 Å². The highest BCUT2D eigenvalue weighted by Gasteiger charge is 2.48. The molecule has 0 spiro atoms. The molecule has 0 aliphatic carbocycles. The Bertz CT molecular complexity index is 1830. The van der Waals surface area contributed by atoms with Crippen LogP contribution >= 0.6 is 23.1 Å². The van der Waals surface area contributed by atoms with E-state index in [1.165, 1.54) is 44.3 Å². The molecule has 1 amide bonds. The molecule has 0 bridgehead atoms. The van der Waals surface area contributed by atoms with Crippen LogP contribution in [0.1, 0.15) is 35.2 Å². The van der Waals surface area contributed by atoms with Crippen molar-refractivity contribution in [2.75, 3.05) is 11.5 Å². The summed E-state index contributed by atoms with van der Waals surface area (Å²) >= 11 is 2.77. The number of nitrogens with zero attached hydrogens (tertiary/aromatic N) is 3. The average molecular weight is 594 g/mol. The molecule has 6 rings (SSSR count). The SMILES string of the molecule is CCOc1cccc(C2/C(=C(\O)c3ccc(C)cc3)C(=O)C(=O)N2c2nnc(SCc3cccc4ccccc34)s2)c1. The van der Waals surface area contributed by atoms with Gasteiger partial charge in [0.25, 0.3) is 5.78 Å². The Balaban J connectivity index is 1.38. The molecule has 2 heterocycles. The topological polar surface area (TPSA) is 92.6 Å². The predicted molar refractivity (Wildman–Crippen MR) is 167 cm³/mol. The predicted octanol–water partition coefficient (Wildman–Crippen LogP) is 7.32. The number of carbonyl (C=O) groups is 2. The minimum atomic E-state index is -0.907. The summed E-state index contributed by atoms with van der Waals surface area (Å²) in [6.07, 6.45) is 0. The van der Waals surface area contributed by atoms with Crippen LogP contribution < -0.4 is 9.64 Å². The van der Waals surface area contributed by atoms with Gasteiger partial charge < -0.3 is 9.84 Å². The molecule has 210 valence electrons. The van der Waals surface area contributed by atoms with Crippen molar-refractivity contribution in [2.45, 2.75) is 30.0 Å². The molecule has 4 aromatic carbocycles. The lowest BCUT2D eigenvalue weighted by molar-refractivity contribution is -0.132. The van der Waals surface area contributed by atoms with Crippen molar-refractivity contribution < 1.29 is 19.4 Å². The van der Waals surface area contributed by atoms with Gasteiger partial charge in [0.15, 0.2) is 4.34 Å². The van der Waals surface area contributed by atoms with Crippen LogP contribution in [0.15, 0.2) is 101 Å². The zero-order chi connectivity index (χ0) is 29.2. The molecule has 1 fully saturated rings. The van der Waals surface area contributed by atoms with E-state index in [2.05, 4.69) is 34.5 Å². The summed E-state index contributed by atoms with van der Waals surface area (Å²) < 4.78 is 6.37. The Morgan fingerprint density at radius 2 is 1.74 bits per heavy atom. The lowest BCUT2D eigenvalue weighted by Crippen LogP contribution is -2.29. The molecule has 1 aliphatic heterocycles. The standard InChI is InChI=1S/C33H27N3O4S2/c1-3-40-25-12-7-10-23(18-25)28-27(29(37)22-16-14-20(2)15-17-22)30(38)31(39)36(28)32-34-35-33(42-32)41-19-24-11-6-9-21-8-4-5-13-26(21)24/h4-18,28,37H,3,19H2,1-2H3/b29-27+. The lowest BCUT2D eigenvalue weighted by Gasteiger charge is -2.23. The van der Waals surface area contributed by atoms with Gasteiger partial charge in [-0.1, -0.05) is 108 Å². The second kappa shape index (κ2) is 11.8. The third kappa shape index (κ3) is 5.29. The summed E-state index contributed by atoms with van der Waals surface area (Å²) in [5.41, 5.74) is 3.25. The molecule has 1 unspecified atom stereocenters. The third-order valence-corrected chi connectivity index (χ3v) is 9.19. The average Bonchev–Trinajstić information content (AvgIpc) is 3.58. The second-order valence-electron chi connectivity index (χ2n) is 9.82. The smallest absolute Gasteiger partial charge is 0.301 e. The molecular formula is C33H27N3O4S2. The summed E-state index contributed by atoms with van der Waals surface area (Å²) in [5, 5.41) is 22.7. The first-order chi connectivity index (χ1) is 20.4. The number of aromatic nitrogens is 2. The number of ether oxygens (including phenoxy) is 1. The van der Waals surface area contributed by atoms with E-state index in [0.29, 0.717) is 33.6 Å². The number of hydrogen-bond acceptors (Lipinski definition) is 8. The van der Waals surface area contributed by atoms with Crippen LogP contribution in [-0.2, 0) is 15.3 Å². The number of carbonyl (C=O) groups excluding carboxylic acids is 2. The summed E-state index contributed by atoms with van der Waals surface area (Å²) in [5.74, 6) is -0.517. The number of fused-ring (bicyclic) bond motifs is 1. The van der Waals surface area contributed by atoms with E-state index in [1.54, 1.807) is 24.3 Å². The van der Waals surface area contributed by atoms with Crippen LogP contribution in [0.5, 0.6) is 5.75 Å². The Hall–Kier alpha value is -4.47. The van der Waals surface area contributed by atoms with Gasteiger partial charge in [-0.3, -0.25) is 14.5 Å². The first kappa shape index (κ1) is 27.7. The number of aliphatic hydroxyl groups excluding tert-OH is 1. The van der Waals surface area contributed by atoms with Crippen LogP contribution in [0.4, 0.5) is 5.13 Å². The van der Waals surface area contributed by atoms with E-state index in [9.17, 15) is 14.7 Å². The first-order valence-corrected chi connectivity index (χ1v) is 15.3. The van der Waals surface area contributed by atoms with E-state index >= 15 is 0 Å². The first-order valence-electron chi connectivity index (χ1n) is 13.5. The number of anilines is 1. The largest absolute Gasteiger partial charge is 0.507 e. The molecule has 5 aromatic rings. The number of ketones is 1. The summed E-state index contributed by atoms with van der Waals surface area (Å²) in [4.78, 5) is 28.4. The molecule has 1 N–H and O–H groups in total. The highest BCUT2D eigenvalue weighted by atomic mass is 32.2. The lowest BCUT2D eigenvalue weighted by atomic mass is 9.95. The second-order valence-corrected chi connectivity index (χ2v) is 12.0. The third-order valence-electron chi connectivity index (χ3n) is 7.09. The van der Waals surface area contributed by atoms with Gasteiger partial charge in [-0.25, -0.2) is 0 Å². The van der Waals surface area contributed by atoms with Gasteiger partial charge >= 0.3 is 5.91 Å². The minimum absolute atomic E-state index is 0.00217. The molecule has 42 heavy (non-hydrogen) atoms. The van der Waals surface area contributed by atoms with E-state index in [4.69, 9.17) is 4.74 Å². The van der Waals surface area contributed by atoms with Gasteiger partial charge in [0, 0.05) is 11.3 Å². The summed E-state index contributed by atoms with van der Waals surface area (Å²) in [6.45, 7) is 4.28. The Morgan fingerprint density at radius 1 is 0.976 bits per heavy atom. The fraction of sp³-hybridized carbons (Fsp3) is 0.152. The number of benzene rings is 4. The number of thioether (sulfide) groups is 1. The number of Topliss-reactive ketones (excluding diaryl/α,β-unsaturated/α-hetero) is 1. The van der Waals surface area contributed by atoms with Crippen LogP contribution in [-0.4, -0.2) is 33.6 Å². The zero-order valence-electron chi connectivity index (χ0n) is 23.0. The van der Waals surface area contributed by atoms with E-state index in [0.717, 1.165) is 5.56 Å². The zero-order valence-corrected chi connectivity index (χ0v) is 24.6. The number of rotatable bonds is 8. The van der Waals surface area contributed by atoms with Crippen molar-refractivity contribution in [2.24, 2.45) is 0 Å². The van der Waals surface area contributed by atoms with Crippen LogP contribution in [0.25, 0.3) is 16.5 Å². The maximum atomic E-state index is 13.6. The molecule has 9 heteroatoms. The maximum Gasteiger partial charge on any atom is 0.301 e. The molecule has 0 radical (unpaired) electrons. The number of hydrogen-bond donors (Lipinski definition) is 1. The van der Waals surface area contributed by atoms with Crippen molar-refractivity contribution in [3.8, 4) is 5.75 Å². The summed E-state index contributed by atoms with van der Waals surface area (Å²) in [6, 6.07) is 27.9. The van der Waals surface area contributed by atoms with Gasteiger partial charge in [-0.15, -0.1) is 10.2 Å². The van der Waals surface area contributed by atoms with Gasteiger partial charge in [0.05, 0.1) is 18.2 Å². The molecule has 1 atom stereocenters. The van der Waals surface area contributed by atoms with Crippen LogP contribution in [0.3, 0.4) is 0 Å². The number of aliphatic hydroxyl groups is 1. The minimum Gasteiger partial charge on any atom is -0.507 e. The van der Waals surface area contributed by atoms with Gasteiger partial charge in [0.2, 0.25) is 5.13 Å². The highest BCUT2D eigenvalue weighted by Crippen LogP contribution is 2.44.